The molecule has 2 aliphatic rings. The molecule has 8 heteroatoms. The maximum absolute atomic E-state index is 6.05. The summed E-state index contributed by atoms with van der Waals surface area (Å²) >= 11 is 0. The molecule has 1 fully saturated rings. The normalized spacial score (nSPS) is 16.6. The standard InChI is InChI=1S/C21H26N4O3.HI/c22-21(25-16-6-7-18-19(13-16)27-11-3-10-26-18)24-14-15-8-9-23-20(12-15)28-17-4-1-2-5-17;/h6-9,12-13,17H,1-5,10-11,14H2,(H3,22,24,25);1H. The van der Waals surface area contributed by atoms with Gasteiger partial charge in [-0.3, -0.25) is 0 Å². The van der Waals surface area contributed by atoms with Crippen molar-refractivity contribution in [3.8, 4) is 17.4 Å². The van der Waals surface area contributed by atoms with Crippen molar-refractivity contribution in [1.82, 2.24) is 4.98 Å². The van der Waals surface area contributed by atoms with Crippen molar-refractivity contribution in [3.05, 3.63) is 42.1 Å². The summed E-state index contributed by atoms with van der Waals surface area (Å²) in [5.74, 6) is 2.47. The minimum atomic E-state index is 0. The van der Waals surface area contributed by atoms with Gasteiger partial charge < -0.3 is 25.3 Å². The summed E-state index contributed by atoms with van der Waals surface area (Å²) in [6.45, 7) is 1.77. The van der Waals surface area contributed by atoms with E-state index in [2.05, 4.69) is 15.3 Å². The molecule has 0 atom stereocenters. The Balaban J connectivity index is 0.00000240. The van der Waals surface area contributed by atoms with Gasteiger partial charge in [-0.05, 0) is 49.4 Å². The van der Waals surface area contributed by atoms with Gasteiger partial charge in [0.05, 0.1) is 19.8 Å². The SMILES string of the molecule is I.NC(=NCc1ccnc(OC2CCCC2)c1)Nc1ccc2c(c1)OCCCO2. The Morgan fingerprint density at radius 3 is 2.72 bits per heavy atom. The Morgan fingerprint density at radius 2 is 1.90 bits per heavy atom. The molecule has 7 nitrogen and oxygen atoms in total. The van der Waals surface area contributed by atoms with Crippen molar-refractivity contribution in [2.45, 2.75) is 44.8 Å². The molecular weight excluding hydrogens is 483 g/mol. The van der Waals surface area contributed by atoms with Gasteiger partial charge in [0.15, 0.2) is 17.5 Å². The number of hydrogen-bond acceptors (Lipinski definition) is 5. The average molecular weight is 510 g/mol. The monoisotopic (exact) mass is 510 g/mol. The number of nitrogens with zero attached hydrogens (tertiary/aromatic N) is 2. The number of pyridine rings is 1. The summed E-state index contributed by atoms with van der Waals surface area (Å²) in [4.78, 5) is 8.72. The number of halogens is 1. The van der Waals surface area contributed by atoms with Gasteiger partial charge in [0, 0.05) is 30.4 Å². The summed E-state index contributed by atoms with van der Waals surface area (Å²) < 4.78 is 17.3. The van der Waals surface area contributed by atoms with Crippen LogP contribution in [0, 0.1) is 0 Å². The van der Waals surface area contributed by atoms with Crippen LogP contribution in [0.15, 0.2) is 41.5 Å². The van der Waals surface area contributed by atoms with Crippen LogP contribution in [0.4, 0.5) is 5.69 Å². The van der Waals surface area contributed by atoms with Gasteiger partial charge in [0.2, 0.25) is 5.88 Å². The lowest BCUT2D eigenvalue weighted by Gasteiger charge is -2.12. The second-order valence-corrected chi connectivity index (χ2v) is 7.07. The zero-order chi connectivity index (χ0) is 19.2. The van der Waals surface area contributed by atoms with Crippen LogP contribution in [-0.4, -0.2) is 30.3 Å². The third-order valence-electron chi connectivity index (χ3n) is 4.84. The van der Waals surface area contributed by atoms with Gasteiger partial charge in [0.25, 0.3) is 0 Å². The number of guanidine groups is 1. The number of anilines is 1. The highest BCUT2D eigenvalue weighted by molar-refractivity contribution is 14.0. The van der Waals surface area contributed by atoms with E-state index in [4.69, 9.17) is 19.9 Å². The first-order chi connectivity index (χ1) is 13.8. The van der Waals surface area contributed by atoms with Crippen LogP contribution in [0.1, 0.15) is 37.7 Å². The number of rotatable bonds is 5. The van der Waals surface area contributed by atoms with Gasteiger partial charge >= 0.3 is 0 Å². The van der Waals surface area contributed by atoms with E-state index in [-0.39, 0.29) is 30.1 Å². The molecule has 0 amide bonds. The van der Waals surface area contributed by atoms with Gasteiger partial charge in [-0.2, -0.15) is 0 Å². The lowest BCUT2D eigenvalue weighted by molar-refractivity contribution is 0.201. The van der Waals surface area contributed by atoms with Crippen molar-refractivity contribution < 1.29 is 14.2 Å². The zero-order valence-electron chi connectivity index (χ0n) is 16.3. The molecule has 29 heavy (non-hydrogen) atoms. The van der Waals surface area contributed by atoms with Crippen molar-refractivity contribution in [3.63, 3.8) is 0 Å². The Labute approximate surface area is 188 Å². The topological polar surface area (TPSA) is 91.0 Å². The van der Waals surface area contributed by atoms with Crippen molar-refractivity contribution in [2.24, 2.45) is 10.7 Å². The van der Waals surface area contributed by atoms with Crippen LogP contribution < -0.4 is 25.3 Å². The van der Waals surface area contributed by atoms with E-state index in [1.807, 2.05) is 30.3 Å². The molecule has 0 radical (unpaired) electrons. The van der Waals surface area contributed by atoms with E-state index in [0.717, 1.165) is 42.0 Å². The summed E-state index contributed by atoms with van der Waals surface area (Å²) in [6.07, 6.45) is 7.60. The van der Waals surface area contributed by atoms with Crippen LogP contribution >= 0.6 is 24.0 Å². The van der Waals surface area contributed by atoms with Crippen molar-refractivity contribution in [1.29, 1.82) is 0 Å². The number of benzene rings is 1. The van der Waals surface area contributed by atoms with Gasteiger partial charge in [-0.1, -0.05) is 0 Å². The Hall–Kier alpha value is -2.23. The van der Waals surface area contributed by atoms with E-state index >= 15 is 0 Å². The number of hydrogen-bond donors (Lipinski definition) is 2. The summed E-state index contributed by atoms with van der Waals surface area (Å²) in [5, 5.41) is 3.10. The maximum atomic E-state index is 6.05. The van der Waals surface area contributed by atoms with Crippen LogP contribution in [0.3, 0.4) is 0 Å². The summed E-state index contributed by atoms with van der Waals surface area (Å²) in [6, 6.07) is 9.51. The lowest BCUT2D eigenvalue weighted by atomic mass is 10.2. The third-order valence-corrected chi connectivity index (χ3v) is 4.84. The minimum Gasteiger partial charge on any atom is -0.490 e. The number of aromatic nitrogens is 1. The molecule has 1 saturated carbocycles. The number of nitrogens with two attached hydrogens (primary N) is 1. The largest absolute Gasteiger partial charge is 0.490 e. The highest BCUT2D eigenvalue weighted by Gasteiger charge is 2.17. The fourth-order valence-corrected chi connectivity index (χ4v) is 3.40. The van der Waals surface area contributed by atoms with Crippen molar-refractivity contribution >= 4 is 35.6 Å². The molecule has 1 aromatic carbocycles. The van der Waals surface area contributed by atoms with Gasteiger partial charge in [-0.25, -0.2) is 9.98 Å². The Morgan fingerprint density at radius 1 is 1.10 bits per heavy atom. The molecule has 0 spiro atoms. The number of aliphatic imine (C=N–C) groups is 1. The molecule has 0 unspecified atom stereocenters. The molecule has 2 heterocycles. The minimum absolute atomic E-state index is 0. The van der Waals surface area contributed by atoms with Crippen LogP contribution in [0.25, 0.3) is 0 Å². The summed E-state index contributed by atoms with van der Waals surface area (Å²) in [7, 11) is 0. The van der Waals surface area contributed by atoms with E-state index in [1.54, 1.807) is 6.20 Å². The maximum Gasteiger partial charge on any atom is 0.213 e. The molecule has 0 bridgehead atoms. The second kappa shape index (κ2) is 10.5. The molecule has 2 aromatic rings. The zero-order valence-corrected chi connectivity index (χ0v) is 18.6. The molecule has 1 aromatic heterocycles. The lowest BCUT2D eigenvalue weighted by Crippen LogP contribution is -2.22. The van der Waals surface area contributed by atoms with Gasteiger partial charge in [0.1, 0.15) is 6.10 Å². The number of nitrogens with one attached hydrogen (secondary N) is 1. The molecule has 3 N–H and O–H groups in total. The van der Waals surface area contributed by atoms with Crippen LogP contribution in [0.2, 0.25) is 0 Å². The predicted octanol–water partition coefficient (Wildman–Crippen LogP) is 4.11. The molecule has 156 valence electrons. The third kappa shape index (κ3) is 6.12. The highest BCUT2D eigenvalue weighted by atomic mass is 127. The first kappa shape index (κ1) is 21.5. The molecule has 0 saturated heterocycles. The Bertz CT molecular complexity index is 840. The average Bonchev–Trinajstić information content (AvgIpc) is 3.10. The van der Waals surface area contributed by atoms with E-state index in [1.165, 1.54) is 12.8 Å². The quantitative estimate of drug-likeness (QED) is 0.358. The number of ether oxygens (including phenoxy) is 3. The fourth-order valence-electron chi connectivity index (χ4n) is 3.40. The van der Waals surface area contributed by atoms with E-state index in [9.17, 15) is 0 Å². The second-order valence-electron chi connectivity index (χ2n) is 7.07. The predicted molar refractivity (Wildman–Crippen MR) is 124 cm³/mol. The van der Waals surface area contributed by atoms with Crippen molar-refractivity contribution in [2.75, 3.05) is 18.5 Å². The highest BCUT2D eigenvalue weighted by Crippen LogP contribution is 2.32. The first-order valence-electron chi connectivity index (χ1n) is 9.84. The first-order valence-corrected chi connectivity index (χ1v) is 9.84. The van der Waals surface area contributed by atoms with Gasteiger partial charge in [-0.15, -0.1) is 24.0 Å². The molecule has 1 aliphatic heterocycles. The molecule has 1 aliphatic carbocycles. The van der Waals surface area contributed by atoms with Crippen LogP contribution in [-0.2, 0) is 6.54 Å². The van der Waals surface area contributed by atoms with E-state index < -0.39 is 0 Å². The van der Waals surface area contributed by atoms with E-state index in [0.29, 0.717) is 31.6 Å². The summed E-state index contributed by atoms with van der Waals surface area (Å²) in [5.41, 5.74) is 7.87. The smallest absolute Gasteiger partial charge is 0.213 e. The Kier molecular flexibility index (Phi) is 7.79. The fraction of sp³-hybridized carbons (Fsp3) is 0.429. The molecular formula is C21H27IN4O3. The van der Waals surface area contributed by atoms with Crippen LogP contribution in [0.5, 0.6) is 17.4 Å². The number of fused-ring (bicyclic) bond motifs is 1. The molecule has 4 rings (SSSR count).